The number of nitrogens with one attached hydrogen (secondary N) is 3. The zero-order valence-corrected chi connectivity index (χ0v) is 27.4. The molecule has 5 unspecified atom stereocenters. The highest BCUT2D eigenvalue weighted by molar-refractivity contribution is 6.24. The maximum absolute atomic E-state index is 14.1. The molecule has 260 valence electrons. The fraction of sp³-hybridized carbons (Fsp3) is 0.382. The summed E-state index contributed by atoms with van der Waals surface area (Å²) in [6.07, 6.45) is -1.72. The largest absolute Gasteiger partial charge is 0.508 e. The lowest BCUT2D eigenvalue weighted by Gasteiger charge is -2.53. The van der Waals surface area contributed by atoms with Crippen molar-refractivity contribution in [2.75, 3.05) is 36.6 Å². The van der Waals surface area contributed by atoms with Crippen LogP contribution in [0.25, 0.3) is 5.76 Å². The molecule has 1 saturated carbocycles. The molecule has 0 radical (unpaired) electrons. The zero-order valence-electron chi connectivity index (χ0n) is 27.4. The molecule has 0 spiro atoms. The van der Waals surface area contributed by atoms with Gasteiger partial charge in [0.2, 0.25) is 17.6 Å². The number of likely N-dealkylation sites (N-methyl/N-ethyl adjacent to an activating group) is 1. The number of carbonyl (C=O) groups excluding carboxylic acids is 5. The monoisotopic (exact) mass is 677 g/mol. The van der Waals surface area contributed by atoms with Crippen LogP contribution in [0.1, 0.15) is 37.8 Å². The van der Waals surface area contributed by atoms with Crippen LogP contribution in [0.5, 0.6) is 5.75 Å². The van der Waals surface area contributed by atoms with Crippen LogP contribution in [0.2, 0.25) is 0 Å². The zero-order chi connectivity index (χ0) is 36.3. The molecule has 0 aromatic heterocycles. The van der Waals surface area contributed by atoms with E-state index in [1.807, 2.05) is 0 Å². The number of amides is 3. The summed E-state index contributed by atoms with van der Waals surface area (Å²) in [5, 5.41) is 65.6. The highest BCUT2D eigenvalue weighted by atomic mass is 16.4. The van der Waals surface area contributed by atoms with Crippen molar-refractivity contribution in [2.24, 2.45) is 23.5 Å². The molecule has 0 aliphatic heterocycles. The van der Waals surface area contributed by atoms with Gasteiger partial charge in [-0.15, -0.1) is 0 Å². The number of anilines is 3. The standard InChI is InChI=1S/C34H39N5O10/c1-13(2)33(48)37-16-8-6-15(7-9-16)36-12-19(40)38-18-11-10-17-14(3)20-22(27(42)21(17)26(18)41)30(45)34(49)24(28(20)43)25(39(4)5)29(44)23(31(34)46)32(35)47/h6-11,13-14,20,24-25,28,36,41-43,46,49H,12H2,1-5H3,(H2,35,47)(H,37,48)(H,38,40)/t14?,20?,24?,25-,28?,34?/m0/s1. The van der Waals surface area contributed by atoms with Crippen LogP contribution in [0.4, 0.5) is 17.1 Å². The van der Waals surface area contributed by atoms with Gasteiger partial charge in [-0.2, -0.15) is 0 Å². The first-order chi connectivity index (χ1) is 22.9. The predicted molar refractivity (Wildman–Crippen MR) is 177 cm³/mol. The van der Waals surface area contributed by atoms with Crippen LogP contribution >= 0.6 is 0 Å². The molecule has 10 N–H and O–H groups in total. The van der Waals surface area contributed by atoms with Gasteiger partial charge in [0.1, 0.15) is 22.8 Å². The maximum atomic E-state index is 14.1. The summed E-state index contributed by atoms with van der Waals surface area (Å²) in [5.41, 5.74) is 1.85. The number of nitrogens with two attached hydrogens (primary N) is 1. The lowest BCUT2D eigenvalue weighted by Crippen LogP contribution is -2.70. The summed E-state index contributed by atoms with van der Waals surface area (Å²) in [7, 11) is 2.86. The maximum Gasteiger partial charge on any atom is 0.255 e. The third kappa shape index (κ3) is 5.58. The van der Waals surface area contributed by atoms with Gasteiger partial charge in [-0.25, -0.2) is 0 Å². The number of Topliss-reactive ketones (excluding diaryl/α,β-unsaturated/α-hetero) is 2. The number of phenols is 1. The summed E-state index contributed by atoms with van der Waals surface area (Å²) < 4.78 is 0. The summed E-state index contributed by atoms with van der Waals surface area (Å²) in [5.74, 6) is -11.0. The Morgan fingerprint density at radius 1 is 0.980 bits per heavy atom. The lowest BCUT2D eigenvalue weighted by atomic mass is 9.54. The summed E-state index contributed by atoms with van der Waals surface area (Å²) in [4.78, 5) is 65.7. The van der Waals surface area contributed by atoms with Gasteiger partial charge >= 0.3 is 0 Å². The van der Waals surface area contributed by atoms with E-state index >= 15 is 0 Å². The minimum absolute atomic E-state index is 0.120. The van der Waals surface area contributed by atoms with E-state index in [4.69, 9.17) is 5.73 Å². The third-order valence-corrected chi connectivity index (χ3v) is 9.53. The molecule has 2 aromatic rings. The fourth-order valence-electron chi connectivity index (χ4n) is 7.05. The number of benzene rings is 2. The Hall–Kier alpha value is -5.25. The van der Waals surface area contributed by atoms with Gasteiger partial charge in [0.05, 0.1) is 35.9 Å². The third-order valence-electron chi connectivity index (χ3n) is 9.53. The Labute approximate surface area is 281 Å². The Bertz CT molecular complexity index is 1830. The second-order valence-corrected chi connectivity index (χ2v) is 13.1. The summed E-state index contributed by atoms with van der Waals surface area (Å²) in [6, 6.07) is 8.09. The number of rotatable bonds is 8. The average molecular weight is 678 g/mol. The lowest BCUT2D eigenvalue weighted by molar-refractivity contribution is -0.169. The van der Waals surface area contributed by atoms with Gasteiger partial charge in [-0.1, -0.05) is 26.8 Å². The predicted octanol–water partition coefficient (Wildman–Crippen LogP) is 1.14. The first-order valence-corrected chi connectivity index (χ1v) is 15.6. The van der Waals surface area contributed by atoms with Crippen LogP contribution in [0.3, 0.4) is 0 Å². The quantitative estimate of drug-likeness (QED) is 0.141. The smallest absolute Gasteiger partial charge is 0.255 e. The van der Waals surface area contributed by atoms with Crippen molar-refractivity contribution < 1.29 is 49.5 Å². The molecule has 6 atom stereocenters. The molecule has 49 heavy (non-hydrogen) atoms. The van der Waals surface area contributed by atoms with E-state index in [0.717, 1.165) is 0 Å². The van der Waals surface area contributed by atoms with E-state index in [-0.39, 0.29) is 29.6 Å². The number of carbonyl (C=O) groups is 5. The van der Waals surface area contributed by atoms with Crippen LogP contribution in [0, 0.1) is 17.8 Å². The average Bonchev–Trinajstić information content (AvgIpc) is 3.03. The number of aliphatic hydroxyl groups excluding tert-OH is 3. The van der Waals surface area contributed by atoms with Gasteiger partial charge < -0.3 is 47.2 Å². The Morgan fingerprint density at radius 3 is 2.16 bits per heavy atom. The summed E-state index contributed by atoms with van der Waals surface area (Å²) in [6.45, 7) is 4.91. The molecule has 3 aliphatic rings. The van der Waals surface area contributed by atoms with Crippen molar-refractivity contribution in [3.05, 3.63) is 64.4 Å². The van der Waals surface area contributed by atoms with Gasteiger partial charge in [0.25, 0.3) is 5.91 Å². The number of hydrogen-bond acceptors (Lipinski definition) is 12. The van der Waals surface area contributed by atoms with E-state index in [9.17, 15) is 49.5 Å². The molecule has 3 aliphatic carbocycles. The molecule has 15 nitrogen and oxygen atoms in total. The second kappa shape index (κ2) is 12.7. The van der Waals surface area contributed by atoms with Gasteiger partial charge in [-0.3, -0.25) is 28.9 Å². The van der Waals surface area contributed by atoms with Crippen LogP contribution in [0.15, 0.2) is 53.3 Å². The minimum atomic E-state index is -3.03. The Morgan fingerprint density at radius 2 is 1.59 bits per heavy atom. The topological polar surface area (TPSA) is 252 Å². The second-order valence-electron chi connectivity index (χ2n) is 13.1. The number of aliphatic hydroxyl groups is 4. The molecular formula is C34H39N5O10. The van der Waals surface area contributed by atoms with Gasteiger partial charge in [0, 0.05) is 28.8 Å². The molecule has 1 fully saturated rings. The van der Waals surface area contributed by atoms with Crippen molar-refractivity contribution >= 4 is 52.1 Å². The Kier molecular flexibility index (Phi) is 9.05. The van der Waals surface area contributed by atoms with Crippen molar-refractivity contribution in [2.45, 2.75) is 44.4 Å². The van der Waals surface area contributed by atoms with Gasteiger partial charge in [-0.05, 0) is 55.9 Å². The molecule has 0 bridgehead atoms. The number of aromatic hydroxyl groups is 1. The minimum Gasteiger partial charge on any atom is -0.508 e. The van der Waals surface area contributed by atoms with E-state index < -0.39 is 87.3 Å². The molecule has 15 heteroatoms. The number of ketones is 2. The molecule has 3 amide bonds. The molecule has 2 aromatic carbocycles. The van der Waals surface area contributed by atoms with Crippen LogP contribution < -0.4 is 21.7 Å². The van der Waals surface area contributed by atoms with Crippen LogP contribution in [-0.2, 0) is 24.0 Å². The van der Waals surface area contributed by atoms with Crippen molar-refractivity contribution in [1.29, 1.82) is 0 Å². The van der Waals surface area contributed by atoms with E-state index in [1.54, 1.807) is 45.0 Å². The first kappa shape index (κ1) is 35.1. The van der Waals surface area contributed by atoms with Crippen LogP contribution in [-0.4, -0.2) is 98.1 Å². The fourth-order valence-corrected chi connectivity index (χ4v) is 7.05. The normalized spacial score (nSPS) is 26.3. The molecular weight excluding hydrogens is 638 g/mol. The van der Waals surface area contributed by atoms with Crippen molar-refractivity contribution in [3.63, 3.8) is 0 Å². The first-order valence-electron chi connectivity index (χ1n) is 15.6. The summed E-state index contributed by atoms with van der Waals surface area (Å²) >= 11 is 0. The number of nitrogens with zero attached hydrogens (tertiary/aromatic N) is 1. The van der Waals surface area contributed by atoms with E-state index in [1.165, 1.54) is 31.1 Å². The highest BCUT2D eigenvalue weighted by Crippen LogP contribution is 2.56. The van der Waals surface area contributed by atoms with E-state index in [0.29, 0.717) is 16.9 Å². The number of hydrogen-bond donors (Lipinski definition) is 9. The van der Waals surface area contributed by atoms with Crippen molar-refractivity contribution in [3.8, 4) is 5.75 Å². The van der Waals surface area contributed by atoms with Gasteiger partial charge in [0.15, 0.2) is 11.4 Å². The molecule has 0 saturated heterocycles. The molecule has 5 rings (SSSR count). The number of phenolic OH excluding ortho intramolecular Hbond substituents is 1. The SMILES string of the molecule is CC(C)C(=O)Nc1ccc(NCC(=O)Nc2ccc3c(c2O)C(O)=C2C(=O)C4(O)C(O)=C(C(N)=O)C(=O)[C@@H](N(C)C)C4C(O)C2C3C)cc1. The highest BCUT2D eigenvalue weighted by Gasteiger charge is 2.68. The Balaban J connectivity index is 1.45. The number of primary amides is 1. The van der Waals surface area contributed by atoms with E-state index in [2.05, 4.69) is 16.0 Å². The molecule has 0 heterocycles. The van der Waals surface area contributed by atoms with Crippen molar-refractivity contribution in [1.82, 2.24) is 4.90 Å². The number of fused-ring (bicyclic) bond motifs is 3.